The Morgan fingerprint density at radius 1 is 1.35 bits per heavy atom. The lowest BCUT2D eigenvalue weighted by molar-refractivity contribution is 0.516. The van der Waals surface area contributed by atoms with Crippen LogP contribution < -0.4 is 5.32 Å². The summed E-state index contributed by atoms with van der Waals surface area (Å²) >= 11 is 0. The van der Waals surface area contributed by atoms with Gasteiger partial charge in [0, 0.05) is 12.1 Å². The van der Waals surface area contributed by atoms with Crippen LogP contribution in [0.5, 0.6) is 0 Å². The summed E-state index contributed by atoms with van der Waals surface area (Å²) in [6.07, 6.45) is 4.12. The van der Waals surface area contributed by atoms with Crippen LogP contribution in [0.25, 0.3) is 0 Å². The molecule has 3 heteroatoms. The lowest BCUT2D eigenvalue weighted by Crippen LogP contribution is -2.16. The van der Waals surface area contributed by atoms with Crippen molar-refractivity contribution in [3.05, 3.63) is 24.0 Å². The minimum Gasteiger partial charge on any atom is -0.380 e. The summed E-state index contributed by atoms with van der Waals surface area (Å²) in [5, 5.41) is 8.13. The quantitative estimate of drug-likeness (QED) is 0.759. The van der Waals surface area contributed by atoms with Crippen LogP contribution >= 0.6 is 0 Å². The second-order valence-corrected chi connectivity index (χ2v) is 5.00. The van der Waals surface area contributed by atoms with Crippen molar-refractivity contribution in [3.8, 4) is 0 Å². The van der Waals surface area contributed by atoms with Gasteiger partial charge in [-0.15, -0.1) is 6.58 Å². The maximum Gasteiger partial charge on any atom is 0.0828 e. The van der Waals surface area contributed by atoms with Gasteiger partial charge in [0.15, 0.2) is 0 Å². The fourth-order valence-corrected chi connectivity index (χ4v) is 2.06. The molecule has 1 unspecified atom stereocenters. The molecule has 0 spiro atoms. The number of nitrogens with zero attached hydrogens (tertiary/aromatic N) is 2. The van der Waals surface area contributed by atoms with Crippen molar-refractivity contribution < 1.29 is 0 Å². The third-order valence-electron chi connectivity index (χ3n) is 3.01. The highest BCUT2D eigenvalue weighted by Crippen LogP contribution is 2.23. The lowest BCUT2D eigenvalue weighted by atomic mass is 10.1. The van der Waals surface area contributed by atoms with Gasteiger partial charge in [-0.1, -0.05) is 6.08 Å². The minimum atomic E-state index is 0.410. The highest BCUT2D eigenvalue weighted by Gasteiger charge is 2.14. The molecule has 96 valence electrons. The van der Waals surface area contributed by atoms with Gasteiger partial charge in [0.25, 0.3) is 0 Å². The minimum absolute atomic E-state index is 0.410. The van der Waals surface area contributed by atoms with Crippen molar-refractivity contribution in [2.75, 3.05) is 5.32 Å². The van der Waals surface area contributed by atoms with Gasteiger partial charge < -0.3 is 5.32 Å². The van der Waals surface area contributed by atoms with Crippen LogP contribution in [0.4, 0.5) is 5.69 Å². The van der Waals surface area contributed by atoms with E-state index in [1.54, 1.807) is 0 Å². The summed E-state index contributed by atoms with van der Waals surface area (Å²) in [6, 6.07) is 0.864. The Hall–Kier alpha value is -1.25. The van der Waals surface area contributed by atoms with E-state index >= 15 is 0 Å². The SMILES string of the molecule is C=CCCC(C)Nc1c(C)nn(C(C)C)c1C. The zero-order valence-corrected chi connectivity index (χ0v) is 11.7. The largest absolute Gasteiger partial charge is 0.380 e. The lowest BCUT2D eigenvalue weighted by Gasteiger charge is -2.15. The predicted molar refractivity (Wildman–Crippen MR) is 74.6 cm³/mol. The molecule has 1 rings (SSSR count). The van der Waals surface area contributed by atoms with Crippen molar-refractivity contribution in [2.45, 2.75) is 59.5 Å². The Morgan fingerprint density at radius 2 is 2.00 bits per heavy atom. The third kappa shape index (κ3) is 3.35. The van der Waals surface area contributed by atoms with E-state index in [1.807, 2.05) is 6.08 Å². The van der Waals surface area contributed by atoms with E-state index in [-0.39, 0.29) is 0 Å². The topological polar surface area (TPSA) is 29.9 Å². The first kappa shape index (κ1) is 13.8. The van der Waals surface area contributed by atoms with Crippen molar-refractivity contribution in [1.29, 1.82) is 0 Å². The Kier molecular flexibility index (Phi) is 4.79. The highest BCUT2D eigenvalue weighted by molar-refractivity contribution is 5.52. The maximum absolute atomic E-state index is 4.58. The number of anilines is 1. The molecule has 0 bridgehead atoms. The molecule has 0 amide bonds. The Balaban J connectivity index is 2.80. The first-order chi connectivity index (χ1) is 7.97. The number of aromatic nitrogens is 2. The van der Waals surface area contributed by atoms with Crippen LogP contribution in [0.2, 0.25) is 0 Å². The molecular weight excluding hydrogens is 210 g/mol. The second kappa shape index (κ2) is 5.89. The van der Waals surface area contributed by atoms with E-state index in [2.05, 4.69) is 56.3 Å². The predicted octanol–water partition coefficient (Wildman–Crippen LogP) is 3.85. The van der Waals surface area contributed by atoms with Crippen LogP contribution in [0.15, 0.2) is 12.7 Å². The average Bonchev–Trinajstić information content (AvgIpc) is 2.54. The summed E-state index contributed by atoms with van der Waals surface area (Å²) < 4.78 is 2.08. The van der Waals surface area contributed by atoms with E-state index in [9.17, 15) is 0 Å². The fraction of sp³-hybridized carbons (Fsp3) is 0.643. The van der Waals surface area contributed by atoms with Crippen molar-refractivity contribution in [1.82, 2.24) is 9.78 Å². The van der Waals surface area contributed by atoms with Crippen molar-refractivity contribution in [3.63, 3.8) is 0 Å². The Labute approximate surface area is 105 Å². The first-order valence-corrected chi connectivity index (χ1v) is 6.40. The molecule has 0 aliphatic carbocycles. The number of rotatable bonds is 6. The molecule has 0 saturated heterocycles. The van der Waals surface area contributed by atoms with Gasteiger partial charge >= 0.3 is 0 Å². The molecule has 1 aromatic rings. The van der Waals surface area contributed by atoms with Gasteiger partial charge in [-0.25, -0.2) is 0 Å². The number of hydrogen-bond acceptors (Lipinski definition) is 2. The summed E-state index contributed by atoms with van der Waals surface area (Å²) in [5.74, 6) is 0. The van der Waals surface area contributed by atoms with E-state index in [4.69, 9.17) is 0 Å². The maximum atomic E-state index is 4.58. The molecule has 3 nitrogen and oxygen atoms in total. The van der Waals surface area contributed by atoms with Gasteiger partial charge in [0.1, 0.15) is 0 Å². The van der Waals surface area contributed by atoms with Gasteiger partial charge in [-0.2, -0.15) is 5.10 Å². The zero-order chi connectivity index (χ0) is 13.0. The van der Waals surface area contributed by atoms with Gasteiger partial charge in [0.05, 0.1) is 17.1 Å². The number of nitrogens with one attached hydrogen (secondary N) is 1. The molecule has 1 N–H and O–H groups in total. The highest BCUT2D eigenvalue weighted by atomic mass is 15.3. The smallest absolute Gasteiger partial charge is 0.0828 e. The fourth-order valence-electron chi connectivity index (χ4n) is 2.06. The molecule has 1 atom stereocenters. The van der Waals surface area contributed by atoms with Crippen molar-refractivity contribution >= 4 is 5.69 Å². The van der Waals surface area contributed by atoms with Crippen LogP contribution in [-0.2, 0) is 0 Å². The normalized spacial score (nSPS) is 12.8. The summed E-state index contributed by atoms with van der Waals surface area (Å²) in [6.45, 7) is 14.5. The summed E-state index contributed by atoms with van der Waals surface area (Å²) in [5.41, 5.74) is 3.50. The molecule has 0 aliphatic rings. The van der Waals surface area contributed by atoms with Crippen LogP contribution in [0, 0.1) is 13.8 Å². The molecule has 1 heterocycles. The van der Waals surface area contributed by atoms with Gasteiger partial charge in [-0.05, 0) is 47.5 Å². The molecule has 0 aliphatic heterocycles. The average molecular weight is 235 g/mol. The Morgan fingerprint density at radius 3 is 2.47 bits per heavy atom. The standard InChI is InChI=1S/C14H25N3/c1-7-8-9-11(4)15-14-12(5)16-17(10(2)3)13(14)6/h7,10-11,15H,1,8-9H2,2-6H3. The van der Waals surface area contributed by atoms with Gasteiger partial charge in [-0.3, -0.25) is 4.68 Å². The molecule has 0 radical (unpaired) electrons. The molecule has 0 aromatic carbocycles. The second-order valence-electron chi connectivity index (χ2n) is 5.00. The molecule has 0 saturated carbocycles. The first-order valence-electron chi connectivity index (χ1n) is 6.40. The number of aryl methyl sites for hydroxylation is 1. The summed E-state index contributed by atoms with van der Waals surface area (Å²) in [7, 11) is 0. The number of hydrogen-bond donors (Lipinski definition) is 1. The molecule has 0 fully saturated rings. The molecular formula is C14H25N3. The van der Waals surface area contributed by atoms with E-state index in [0.29, 0.717) is 12.1 Å². The van der Waals surface area contributed by atoms with E-state index in [0.717, 1.165) is 18.5 Å². The van der Waals surface area contributed by atoms with E-state index < -0.39 is 0 Å². The molecule has 17 heavy (non-hydrogen) atoms. The zero-order valence-electron chi connectivity index (χ0n) is 11.7. The van der Waals surface area contributed by atoms with Crippen LogP contribution in [0.1, 0.15) is 51.0 Å². The summed E-state index contributed by atoms with van der Waals surface area (Å²) in [4.78, 5) is 0. The third-order valence-corrected chi connectivity index (χ3v) is 3.01. The van der Waals surface area contributed by atoms with Crippen molar-refractivity contribution in [2.24, 2.45) is 0 Å². The van der Waals surface area contributed by atoms with Crippen LogP contribution in [-0.4, -0.2) is 15.8 Å². The molecule has 1 aromatic heterocycles. The van der Waals surface area contributed by atoms with Crippen LogP contribution in [0.3, 0.4) is 0 Å². The Bertz CT molecular complexity index is 377. The van der Waals surface area contributed by atoms with Gasteiger partial charge in [0.2, 0.25) is 0 Å². The number of allylic oxidation sites excluding steroid dienone is 1. The van der Waals surface area contributed by atoms with E-state index in [1.165, 1.54) is 11.4 Å². The monoisotopic (exact) mass is 235 g/mol.